The molecule has 88 valence electrons. The molecule has 1 aliphatic rings. The van der Waals surface area contributed by atoms with E-state index in [9.17, 15) is 5.11 Å². The zero-order chi connectivity index (χ0) is 11.4. The fourth-order valence-corrected chi connectivity index (χ4v) is 2.75. The number of hydrogen-bond acceptors (Lipinski definition) is 2. The van der Waals surface area contributed by atoms with Crippen LogP contribution in [-0.4, -0.2) is 24.3 Å². The Balaban J connectivity index is 1.93. The van der Waals surface area contributed by atoms with Crippen molar-refractivity contribution in [1.29, 1.82) is 0 Å². The van der Waals surface area contributed by atoms with Crippen LogP contribution >= 0.6 is 15.9 Å². The van der Waals surface area contributed by atoms with Crippen LogP contribution in [0.2, 0.25) is 0 Å². The van der Waals surface area contributed by atoms with Crippen molar-refractivity contribution in [2.75, 3.05) is 13.1 Å². The number of rotatable bonds is 3. The number of halogens is 1. The maximum absolute atomic E-state index is 10.2. The minimum atomic E-state index is -0.198. The molecule has 0 amide bonds. The third-order valence-corrected chi connectivity index (χ3v) is 3.76. The standard InChI is InChI=1S/C13H18BrNO/c14-12-3-1-2-10(8-12)9-13(16)11-4-6-15-7-5-11/h1-3,8,11,13,15-16H,4-7,9H2. The van der Waals surface area contributed by atoms with Crippen molar-refractivity contribution in [3.05, 3.63) is 34.3 Å². The van der Waals surface area contributed by atoms with Gasteiger partial charge in [0.15, 0.2) is 0 Å². The Labute approximate surface area is 105 Å². The van der Waals surface area contributed by atoms with Crippen molar-refractivity contribution in [2.24, 2.45) is 5.92 Å². The van der Waals surface area contributed by atoms with E-state index in [1.165, 1.54) is 5.56 Å². The van der Waals surface area contributed by atoms with Gasteiger partial charge in [-0.05, 0) is 56.0 Å². The second-order valence-electron chi connectivity index (χ2n) is 4.49. The molecule has 1 aromatic rings. The van der Waals surface area contributed by atoms with Gasteiger partial charge in [-0.25, -0.2) is 0 Å². The maximum atomic E-state index is 10.2. The Kier molecular flexibility index (Phi) is 4.38. The van der Waals surface area contributed by atoms with Gasteiger partial charge in [-0.2, -0.15) is 0 Å². The first kappa shape index (κ1) is 12.1. The first-order valence-corrected chi connectivity index (χ1v) is 6.68. The summed E-state index contributed by atoms with van der Waals surface area (Å²) in [5.41, 5.74) is 1.21. The minimum absolute atomic E-state index is 0.198. The highest BCUT2D eigenvalue weighted by molar-refractivity contribution is 9.10. The Morgan fingerprint density at radius 1 is 1.38 bits per heavy atom. The van der Waals surface area contributed by atoms with Crippen LogP contribution in [0.25, 0.3) is 0 Å². The molecule has 3 heteroatoms. The number of benzene rings is 1. The zero-order valence-corrected chi connectivity index (χ0v) is 10.9. The summed E-state index contributed by atoms with van der Waals surface area (Å²) in [4.78, 5) is 0. The van der Waals surface area contributed by atoms with Gasteiger partial charge in [0.05, 0.1) is 6.10 Å². The molecule has 0 spiro atoms. The summed E-state index contributed by atoms with van der Waals surface area (Å²) in [6, 6.07) is 8.20. The van der Waals surface area contributed by atoms with Crippen molar-refractivity contribution in [2.45, 2.75) is 25.4 Å². The van der Waals surface area contributed by atoms with Crippen LogP contribution in [0.4, 0.5) is 0 Å². The third kappa shape index (κ3) is 3.30. The predicted octanol–water partition coefficient (Wildman–Crippen LogP) is 2.35. The molecule has 1 heterocycles. The first-order valence-electron chi connectivity index (χ1n) is 5.89. The molecule has 1 unspecified atom stereocenters. The van der Waals surface area contributed by atoms with Crippen LogP contribution in [0.15, 0.2) is 28.7 Å². The van der Waals surface area contributed by atoms with Crippen LogP contribution < -0.4 is 5.32 Å². The second kappa shape index (κ2) is 5.80. The summed E-state index contributed by atoms with van der Waals surface area (Å²) in [7, 11) is 0. The second-order valence-corrected chi connectivity index (χ2v) is 5.40. The van der Waals surface area contributed by atoms with Crippen molar-refractivity contribution in [1.82, 2.24) is 5.32 Å². The molecule has 16 heavy (non-hydrogen) atoms. The van der Waals surface area contributed by atoms with Crippen molar-refractivity contribution < 1.29 is 5.11 Å². The van der Waals surface area contributed by atoms with Crippen molar-refractivity contribution >= 4 is 15.9 Å². The molecular weight excluding hydrogens is 266 g/mol. The summed E-state index contributed by atoms with van der Waals surface area (Å²) < 4.78 is 1.09. The molecule has 0 saturated carbocycles. The lowest BCUT2D eigenvalue weighted by Gasteiger charge is -2.27. The number of hydrogen-bond donors (Lipinski definition) is 2. The average Bonchev–Trinajstić information content (AvgIpc) is 2.30. The summed E-state index contributed by atoms with van der Waals surface area (Å²) in [6.07, 6.45) is 2.76. The fourth-order valence-electron chi connectivity index (χ4n) is 2.30. The van der Waals surface area contributed by atoms with Crippen molar-refractivity contribution in [3.8, 4) is 0 Å². The van der Waals surface area contributed by atoms with E-state index in [1.54, 1.807) is 0 Å². The van der Waals surface area contributed by atoms with E-state index in [1.807, 2.05) is 12.1 Å². The molecule has 0 radical (unpaired) electrons. The molecule has 2 N–H and O–H groups in total. The van der Waals surface area contributed by atoms with Gasteiger partial charge in [0, 0.05) is 4.47 Å². The topological polar surface area (TPSA) is 32.3 Å². The number of piperidine rings is 1. The Hall–Kier alpha value is -0.380. The number of aliphatic hydroxyl groups excluding tert-OH is 1. The van der Waals surface area contributed by atoms with Crippen LogP contribution in [0.3, 0.4) is 0 Å². The number of aliphatic hydroxyl groups is 1. The van der Waals surface area contributed by atoms with Crippen LogP contribution in [0, 0.1) is 5.92 Å². The molecule has 1 saturated heterocycles. The van der Waals surface area contributed by atoms with Crippen LogP contribution in [0.5, 0.6) is 0 Å². The van der Waals surface area contributed by atoms with Gasteiger partial charge >= 0.3 is 0 Å². The van der Waals surface area contributed by atoms with Crippen LogP contribution in [-0.2, 0) is 6.42 Å². The van der Waals surface area contributed by atoms with E-state index in [4.69, 9.17) is 0 Å². The molecule has 2 rings (SSSR count). The molecule has 0 bridgehead atoms. The molecule has 0 aliphatic carbocycles. The van der Waals surface area contributed by atoms with E-state index in [0.717, 1.165) is 36.8 Å². The molecule has 0 aromatic heterocycles. The normalized spacial score (nSPS) is 19.6. The lowest BCUT2D eigenvalue weighted by atomic mass is 9.89. The van der Waals surface area contributed by atoms with Crippen LogP contribution in [0.1, 0.15) is 18.4 Å². The van der Waals surface area contributed by atoms with E-state index >= 15 is 0 Å². The van der Waals surface area contributed by atoms with E-state index < -0.39 is 0 Å². The third-order valence-electron chi connectivity index (χ3n) is 3.26. The maximum Gasteiger partial charge on any atom is 0.0609 e. The van der Waals surface area contributed by atoms with Gasteiger partial charge in [-0.1, -0.05) is 28.1 Å². The molecule has 1 atom stereocenters. The largest absolute Gasteiger partial charge is 0.392 e. The summed E-state index contributed by atoms with van der Waals surface area (Å²) in [5, 5.41) is 13.5. The minimum Gasteiger partial charge on any atom is -0.392 e. The van der Waals surface area contributed by atoms with Gasteiger partial charge in [0.2, 0.25) is 0 Å². The molecular formula is C13H18BrNO. The van der Waals surface area contributed by atoms with E-state index in [2.05, 4.69) is 33.4 Å². The van der Waals surface area contributed by atoms with E-state index in [0.29, 0.717) is 5.92 Å². The Morgan fingerprint density at radius 2 is 2.12 bits per heavy atom. The lowest BCUT2D eigenvalue weighted by molar-refractivity contribution is 0.0890. The quantitative estimate of drug-likeness (QED) is 0.893. The monoisotopic (exact) mass is 283 g/mol. The molecule has 2 nitrogen and oxygen atoms in total. The van der Waals surface area contributed by atoms with Gasteiger partial charge in [-0.3, -0.25) is 0 Å². The first-order chi connectivity index (χ1) is 7.75. The lowest BCUT2D eigenvalue weighted by Crippen LogP contribution is -2.34. The average molecular weight is 284 g/mol. The molecule has 1 aromatic carbocycles. The highest BCUT2D eigenvalue weighted by atomic mass is 79.9. The SMILES string of the molecule is OC(Cc1cccc(Br)c1)C1CCNCC1. The van der Waals surface area contributed by atoms with Gasteiger partial charge in [-0.15, -0.1) is 0 Å². The fraction of sp³-hybridized carbons (Fsp3) is 0.538. The highest BCUT2D eigenvalue weighted by Gasteiger charge is 2.21. The summed E-state index contributed by atoms with van der Waals surface area (Å²) in [5.74, 6) is 0.459. The van der Waals surface area contributed by atoms with Gasteiger partial charge < -0.3 is 10.4 Å². The van der Waals surface area contributed by atoms with E-state index in [-0.39, 0.29) is 6.10 Å². The number of nitrogens with one attached hydrogen (secondary N) is 1. The Morgan fingerprint density at radius 3 is 2.81 bits per heavy atom. The van der Waals surface area contributed by atoms with Gasteiger partial charge in [0.1, 0.15) is 0 Å². The molecule has 1 aliphatic heterocycles. The summed E-state index contributed by atoms with van der Waals surface area (Å²) in [6.45, 7) is 2.08. The molecule has 1 fully saturated rings. The summed E-state index contributed by atoms with van der Waals surface area (Å²) >= 11 is 3.46. The Bertz CT molecular complexity index is 336. The smallest absolute Gasteiger partial charge is 0.0609 e. The zero-order valence-electron chi connectivity index (χ0n) is 9.32. The van der Waals surface area contributed by atoms with Gasteiger partial charge in [0.25, 0.3) is 0 Å². The van der Waals surface area contributed by atoms with Crippen molar-refractivity contribution in [3.63, 3.8) is 0 Å². The highest BCUT2D eigenvalue weighted by Crippen LogP contribution is 2.21. The predicted molar refractivity (Wildman–Crippen MR) is 69.4 cm³/mol.